The average Bonchev–Trinajstić information content (AvgIpc) is 2.41. The minimum absolute atomic E-state index is 0.587. The normalized spacial score (nSPS) is 22.0. The molecule has 2 atom stereocenters. The summed E-state index contributed by atoms with van der Waals surface area (Å²) in [6.45, 7) is 9.82. The van der Waals surface area contributed by atoms with Crippen molar-refractivity contribution in [1.82, 2.24) is 5.32 Å². The lowest BCUT2D eigenvalue weighted by atomic mass is 9.97. The molecule has 1 aromatic carbocycles. The molecule has 1 saturated heterocycles. The predicted molar refractivity (Wildman–Crippen MR) is 79.6 cm³/mol. The van der Waals surface area contributed by atoms with E-state index in [-0.39, 0.29) is 0 Å². The molecular weight excluding hydrogens is 244 g/mol. The van der Waals surface area contributed by atoms with Gasteiger partial charge >= 0.3 is 0 Å². The predicted octanol–water partition coefficient (Wildman–Crippen LogP) is 3.47. The summed E-state index contributed by atoms with van der Waals surface area (Å²) in [5, 5.41) is 4.49. The second-order valence-corrected chi connectivity index (χ2v) is 5.73. The highest BCUT2D eigenvalue weighted by molar-refractivity contribution is 6.31. The first kappa shape index (κ1) is 13.7. The maximum absolute atomic E-state index is 6.22. The van der Waals surface area contributed by atoms with E-state index in [4.69, 9.17) is 11.6 Å². The Kier molecular flexibility index (Phi) is 4.52. The number of halogens is 1. The highest BCUT2D eigenvalue weighted by Gasteiger charge is 2.23. The van der Waals surface area contributed by atoms with Crippen molar-refractivity contribution in [3.05, 3.63) is 28.8 Å². The Labute approximate surface area is 115 Å². The van der Waals surface area contributed by atoms with E-state index < -0.39 is 0 Å². The number of hydrogen-bond acceptors (Lipinski definition) is 2. The Morgan fingerprint density at radius 3 is 2.94 bits per heavy atom. The number of aryl methyl sites for hydroxylation is 1. The van der Waals surface area contributed by atoms with Gasteiger partial charge in [0.25, 0.3) is 0 Å². The molecule has 0 amide bonds. The van der Waals surface area contributed by atoms with Gasteiger partial charge in [-0.2, -0.15) is 0 Å². The lowest BCUT2D eigenvalue weighted by molar-refractivity contribution is 0.342. The molecule has 0 spiro atoms. The molecule has 18 heavy (non-hydrogen) atoms. The van der Waals surface area contributed by atoms with Crippen molar-refractivity contribution in [2.45, 2.75) is 33.2 Å². The topological polar surface area (TPSA) is 15.3 Å². The highest BCUT2D eigenvalue weighted by Crippen LogP contribution is 2.25. The third kappa shape index (κ3) is 2.99. The van der Waals surface area contributed by atoms with Crippen LogP contribution in [0, 0.1) is 12.8 Å². The van der Waals surface area contributed by atoms with Gasteiger partial charge in [0, 0.05) is 36.4 Å². The fraction of sp³-hybridized carbons (Fsp3) is 0.600. The molecule has 0 aromatic heterocycles. The maximum Gasteiger partial charge on any atom is 0.0455 e. The van der Waals surface area contributed by atoms with E-state index in [0.717, 1.165) is 30.2 Å². The van der Waals surface area contributed by atoms with E-state index in [2.05, 4.69) is 42.3 Å². The SMILES string of the molecule is CCC(C)C1CN(c2ccc(C)c(Cl)c2)CCN1. The fourth-order valence-corrected chi connectivity index (χ4v) is 2.63. The zero-order chi connectivity index (χ0) is 13.1. The summed E-state index contributed by atoms with van der Waals surface area (Å²) in [5.74, 6) is 0.716. The first-order valence-corrected chi connectivity index (χ1v) is 7.24. The second kappa shape index (κ2) is 5.94. The minimum atomic E-state index is 0.587. The number of piperazine rings is 1. The number of anilines is 1. The van der Waals surface area contributed by atoms with Gasteiger partial charge in [-0.05, 0) is 30.5 Å². The molecule has 3 heteroatoms. The third-order valence-electron chi connectivity index (χ3n) is 4.06. The van der Waals surface area contributed by atoms with Crippen LogP contribution in [-0.4, -0.2) is 25.7 Å². The molecule has 1 aromatic rings. The minimum Gasteiger partial charge on any atom is -0.369 e. The Morgan fingerprint density at radius 2 is 2.28 bits per heavy atom. The van der Waals surface area contributed by atoms with Gasteiger partial charge in [-0.1, -0.05) is 37.9 Å². The van der Waals surface area contributed by atoms with Crippen LogP contribution in [0.1, 0.15) is 25.8 Å². The zero-order valence-corrected chi connectivity index (χ0v) is 12.3. The molecule has 0 saturated carbocycles. The number of nitrogens with one attached hydrogen (secondary N) is 1. The summed E-state index contributed by atoms with van der Waals surface area (Å²) < 4.78 is 0. The smallest absolute Gasteiger partial charge is 0.0455 e. The summed E-state index contributed by atoms with van der Waals surface area (Å²) in [7, 11) is 0. The Hall–Kier alpha value is -0.730. The van der Waals surface area contributed by atoms with Crippen LogP contribution in [0.4, 0.5) is 5.69 Å². The van der Waals surface area contributed by atoms with Gasteiger partial charge < -0.3 is 10.2 Å². The van der Waals surface area contributed by atoms with Crippen LogP contribution >= 0.6 is 11.6 Å². The Bertz CT molecular complexity index is 405. The van der Waals surface area contributed by atoms with Crippen molar-refractivity contribution in [2.75, 3.05) is 24.5 Å². The summed E-state index contributed by atoms with van der Waals surface area (Å²) in [6.07, 6.45) is 1.22. The third-order valence-corrected chi connectivity index (χ3v) is 4.46. The van der Waals surface area contributed by atoms with Crippen molar-refractivity contribution in [3.8, 4) is 0 Å². The van der Waals surface area contributed by atoms with E-state index in [1.165, 1.54) is 12.1 Å². The monoisotopic (exact) mass is 266 g/mol. The van der Waals surface area contributed by atoms with Crippen LogP contribution < -0.4 is 10.2 Å². The second-order valence-electron chi connectivity index (χ2n) is 5.33. The summed E-state index contributed by atoms with van der Waals surface area (Å²) in [5.41, 5.74) is 2.40. The van der Waals surface area contributed by atoms with Crippen LogP contribution in [0.2, 0.25) is 5.02 Å². The molecule has 0 radical (unpaired) electrons. The van der Waals surface area contributed by atoms with Gasteiger partial charge in [0.15, 0.2) is 0 Å². The van der Waals surface area contributed by atoms with Crippen molar-refractivity contribution < 1.29 is 0 Å². The zero-order valence-electron chi connectivity index (χ0n) is 11.5. The molecule has 0 aliphatic carbocycles. The van der Waals surface area contributed by atoms with E-state index in [0.29, 0.717) is 12.0 Å². The molecule has 1 fully saturated rings. The largest absolute Gasteiger partial charge is 0.369 e. The van der Waals surface area contributed by atoms with E-state index in [9.17, 15) is 0 Å². The lowest BCUT2D eigenvalue weighted by Crippen LogP contribution is -2.53. The summed E-state index contributed by atoms with van der Waals surface area (Å²) >= 11 is 6.22. The molecule has 1 aliphatic rings. The number of rotatable bonds is 3. The van der Waals surface area contributed by atoms with Crippen LogP contribution in [-0.2, 0) is 0 Å². The van der Waals surface area contributed by atoms with E-state index in [1.807, 2.05) is 6.92 Å². The van der Waals surface area contributed by atoms with Crippen LogP contribution in [0.15, 0.2) is 18.2 Å². The Morgan fingerprint density at radius 1 is 1.50 bits per heavy atom. The first-order valence-electron chi connectivity index (χ1n) is 6.86. The molecule has 0 bridgehead atoms. The number of benzene rings is 1. The molecule has 1 aliphatic heterocycles. The molecule has 1 heterocycles. The van der Waals surface area contributed by atoms with Crippen LogP contribution in [0.3, 0.4) is 0 Å². The van der Waals surface area contributed by atoms with Gasteiger partial charge in [0.1, 0.15) is 0 Å². The summed E-state index contributed by atoms with van der Waals surface area (Å²) in [6, 6.07) is 6.97. The van der Waals surface area contributed by atoms with Crippen molar-refractivity contribution >= 4 is 17.3 Å². The van der Waals surface area contributed by atoms with Gasteiger partial charge in [-0.15, -0.1) is 0 Å². The fourth-order valence-electron chi connectivity index (χ4n) is 2.46. The van der Waals surface area contributed by atoms with Gasteiger partial charge in [0.05, 0.1) is 0 Å². The van der Waals surface area contributed by atoms with Gasteiger partial charge in [-0.3, -0.25) is 0 Å². The molecule has 100 valence electrons. The van der Waals surface area contributed by atoms with Crippen molar-refractivity contribution in [3.63, 3.8) is 0 Å². The molecule has 2 rings (SSSR count). The number of nitrogens with zero attached hydrogens (tertiary/aromatic N) is 1. The van der Waals surface area contributed by atoms with Crippen molar-refractivity contribution in [1.29, 1.82) is 0 Å². The first-order chi connectivity index (χ1) is 8.61. The van der Waals surface area contributed by atoms with E-state index in [1.54, 1.807) is 0 Å². The quantitative estimate of drug-likeness (QED) is 0.901. The van der Waals surface area contributed by atoms with E-state index >= 15 is 0 Å². The standard InChI is InChI=1S/C15H23ClN2/c1-4-11(2)15-10-18(8-7-17-15)13-6-5-12(3)14(16)9-13/h5-6,9,11,15,17H,4,7-8,10H2,1-3H3. The molecule has 2 nitrogen and oxygen atoms in total. The number of hydrogen-bond donors (Lipinski definition) is 1. The van der Waals surface area contributed by atoms with Crippen LogP contribution in [0.25, 0.3) is 0 Å². The molecule has 2 unspecified atom stereocenters. The summed E-state index contributed by atoms with van der Waals surface area (Å²) in [4.78, 5) is 2.44. The maximum atomic E-state index is 6.22. The lowest BCUT2D eigenvalue weighted by Gasteiger charge is -2.38. The molecule has 1 N–H and O–H groups in total. The highest BCUT2D eigenvalue weighted by atomic mass is 35.5. The van der Waals surface area contributed by atoms with Crippen molar-refractivity contribution in [2.24, 2.45) is 5.92 Å². The van der Waals surface area contributed by atoms with Gasteiger partial charge in [-0.25, -0.2) is 0 Å². The van der Waals surface area contributed by atoms with Gasteiger partial charge in [0.2, 0.25) is 0 Å². The molecular formula is C15H23ClN2. The average molecular weight is 267 g/mol. The Balaban J connectivity index is 2.10. The van der Waals surface area contributed by atoms with Crippen LogP contribution in [0.5, 0.6) is 0 Å².